The molecule has 2 aromatic carbocycles. The van der Waals surface area contributed by atoms with E-state index in [0.717, 1.165) is 59.8 Å². The van der Waals surface area contributed by atoms with Gasteiger partial charge in [0.05, 0.1) is 19.2 Å². The van der Waals surface area contributed by atoms with E-state index in [0.29, 0.717) is 35.7 Å². The van der Waals surface area contributed by atoms with E-state index in [1.54, 1.807) is 13.2 Å². The van der Waals surface area contributed by atoms with Gasteiger partial charge < -0.3 is 15.2 Å². The monoisotopic (exact) mass is 582 g/mol. The molecule has 3 rings (SSSR count). The summed E-state index contributed by atoms with van der Waals surface area (Å²) in [6.07, 6.45) is 3.39. The number of nitrogens with two attached hydrogens (primary N) is 1. The van der Waals surface area contributed by atoms with Crippen LogP contribution in [0.15, 0.2) is 36.4 Å². The van der Waals surface area contributed by atoms with Crippen LogP contribution in [-0.2, 0) is 11.4 Å². The number of hydrogen-bond donors (Lipinski definition) is 1. The van der Waals surface area contributed by atoms with Gasteiger partial charge in [0.2, 0.25) is 5.91 Å². The van der Waals surface area contributed by atoms with Crippen LogP contribution in [0.5, 0.6) is 11.5 Å². The summed E-state index contributed by atoms with van der Waals surface area (Å²) in [7, 11) is 1.63. The lowest BCUT2D eigenvalue weighted by molar-refractivity contribution is -0.119. The number of primary amides is 1. The van der Waals surface area contributed by atoms with Crippen molar-refractivity contribution in [2.24, 2.45) is 5.73 Å². The highest BCUT2D eigenvalue weighted by Gasteiger charge is 2.15. The van der Waals surface area contributed by atoms with E-state index >= 15 is 0 Å². The fourth-order valence-corrected chi connectivity index (χ4v) is 4.57. The van der Waals surface area contributed by atoms with E-state index in [-0.39, 0.29) is 5.91 Å². The molecular weight excluding hydrogens is 536 g/mol. The number of methoxy groups -OCH3 is 1. The minimum atomic E-state index is -0.223. The van der Waals surface area contributed by atoms with Crippen molar-refractivity contribution in [1.29, 1.82) is 0 Å². The summed E-state index contributed by atoms with van der Waals surface area (Å²) in [6.45, 7) is 17.4. The number of rotatable bonds is 13. The molecule has 0 bridgehead atoms. The number of halogens is 1. The Morgan fingerprint density at radius 1 is 0.976 bits per heavy atom. The molecule has 0 saturated heterocycles. The van der Waals surface area contributed by atoms with Gasteiger partial charge in [-0.3, -0.25) is 9.69 Å². The number of unbranched alkanes of at least 4 members (excludes halogenated alkanes) is 1. The summed E-state index contributed by atoms with van der Waals surface area (Å²) < 4.78 is 11.6. The molecule has 3 aromatic rings. The van der Waals surface area contributed by atoms with Gasteiger partial charge in [-0.25, -0.2) is 9.97 Å². The van der Waals surface area contributed by atoms with Gasteiger partial charge in [-0.1, -0.05) is 57.8 Å². The van der Waals surface area contributed by atoms with Gasteiger partial charge in [-0.15, -0.1) is 0 Å². The van der Waals surface area contributed by atoms with Crippen LogP contribution >= 0.6 is 11.6 Å². The lowest BCUT2D eigenvalue weighted by Crippen LogP contribution is -2.34. The first kappa shape index (κ1) is 34.0. The Hall–Kier alpha value is -3.16. The first-order chi connectivity index (χ1) is 19.5. The van der Waals surface area contributed by atoms with Crippen molar-refractivity contribution in [3.8, 4) is 22.9 Å². The highest BCUT2D eigenvalue weighted by molar-refractivity contribution is 6.30. The summed E-state index contributed by atoms with van der Waals surface area (Å²) >= 11 is 6.17. The second-order valence-corrected chi connectivity index (χ2v) is 11.0. The zero-order valence-electron chi connectivity index (χ0n) is 26.0. The Balaban J connectivity index is 0.000000415. The molecule has 1 amide bonds. The molecule has 8 heteroatoms. The van der Waals surface area contributed by atoms with Gasteiger partial charge in [0.1, 0.15) is 18.1 Å². The summed E-state index contributed by atoms with van der Waals surface area (Å²) in [6, 6.07) is 11.8. The standard InChI is InChI=1S/C24H27ClN2O2.C9H20N2O/c1-14(2)18-8-7-15(3)23(11-18)29-13-21-16(4)26-24(27-17(21)5)20-12-19(25)9-10-22(20)28-6;1-3-5-7-11(6-4-2)8-9(10)12/h7-12,14H,13H2,1-6H3;3-8H2,1-2H3,(H2,10,12). The third-order valence-corrected chi connectivity index (χ3v) is 7.06. The minimum Gasteiger partial charge on any atom is -0.496 e. The molecule has 224 valence electrons. The van der Waals surface area contributed by atoms with Crippen LogP contribution in [0.3, 0.4) is 0 Å². The smallest absolute Gasteiger partial charge is 0.231 e. The lowest BCUT2D eigenvalue weighted by Gasteiger charge is -2.18. The second-order valence-electron chi connectivity index (χ2n) is 10.6. The summed E-state index contributed by atoms with van der Waals surface area (Å²) in [5, 5.41) is 0.618. The molecule has 1 heterocycles. The molecule has 0 atom stereocenters. The van der Waals surface area contributed by atoms with E-state index in [2.05, 4.69) is 57.7 Å². The Morgan fingerprint density at radius 2 is 1.66 bits per heavy atom. The summed E-state index contributed by atoms with van der Waals surface area (Å²) in [5.74, 6) is 2.42. The molecule has 0 aliphatic carbocycles. The lowest BCUT2D eigenvalue weighted by atomic mass is 10.0. The number of nitrogens with zero attached hydrogens (tertiary/aromatic N) is 3. The SMILES string of the molecule is CCCCN(CCC)CC(N)=O.COc1ccc(Cl)cc1-c1nc(C)c(COc2cc(C(C)C)ccc2C)c(C)n1. The quantitative estimate of drug-likeness (QED) is 0.225. The van der Waals surface area contributed by atoms with Gasteiger partial charge >= 0.3 is 0 Å². The summed E-state index contributed by atoms with van der Waals surface area (Å²) in [4.78, 5) is 22.2. The van der Waals surface area contributed by atoms with E-state index in [4.69, 9.17) is 36.8 Å². The molecule has 0 fully saturated rings. The predicted molar refractivity (Wildman–Crippen MR) is 169 cm³/mol. The minimum absolute atomic E-state index is 0.223. The largest absolute Gasteiger partial charge is 0.496 e. The van der Waals surface area contributed by atoms with E-state index in [9.17, 15) is 4.79 Å². The van der Waals surface area contributed by atoms with Crippen LogP contribution in [0, 0.1) is 20.8 Å². The van der Waals surface area contributed by atoms with Crippen molar-refractivity contribution in [2.75, 3.05) is 26.7 Å². The van der Waals surface area contributed by atoms with Crippen LogP contribution in [-0.4, -0.2) is 47.5 Å². The molecular formula is C33H47ClN4O3. The van der Waals surface area contributed by atoms with Crippen molar-refractivity contribution < 1.29 is 14.3 Å². The van der Waals surface area contributed by atoms with Crippen molar-refractivity contribution in [3.05, 3.63) is 69.5 Å². The second kappa shape index (κ2) is 16.9. The molecule has 0 unspecified atom stereocenters. The average molecular weight is 583 g/mol. The van der Waals surface area contributed by atoms with Crippen LogP contribution in [0.1, 0.15) is 81.0 Å². The van der Waals surface area contributed by atoms with Crippen LogP contribution < -0.4 is 15.2 Å². The molecule has 7 nitrogen and oxygen atoms in total. The molecule has 0 aliphatic rings. The Kier molecular flexibility index (Phi) is 14.1. The zero-order chi connectivity index (χ0) is 30.5. The van der Waals surface area contributed by atoms with Crippen LogP contribution in [0.4, 0.5) is 0 Å². The van der Waals surface area contributed by atoms with Gasteiger partial charge in [0.15, 0.2) is 5.82 Å². The van der Waals surface area contributed by atoms with Crippen LogP contribution in [0.2, 0.25) is 5.02 Å². The molecule has 0 saturated carbocycles. The number of benzene rings is 2. The molecule has 2 N–H and O–H groups in total. The average Bonchev–Trinajstić information content (AvgIpc) is 2.92. The van der Waals surface area contributed by atoms with Gasteiger partial charge in [-0.2, -0.15) is 0 Å². The Morgan fingerprint density at radius 3 is 2.22 bits per heavy atom. The number of aromatic nitrogens is 2. The molecule has 41 heavy (non-hydrogen) atoms. The fraction of sp³-hybridized carbons (Fsp3) is 0.485. The topological polar surface area (TPSA) is 90.6 Å². The Labute approximate surface area is 251 Å². The zero-order valence-corrected chi connectivity index (χ0v) is 26.8. The third-order valence-electron chi connectivity index (χ3n) is 6.82. The van der Waals surface area contributed by atoms with Crippen molar-refractivity contribution >= 4 is 17.5 Å². The van der Waals surface area contributed by atoms with E-state index in [1.807, 2.05) is 26.0 Å². The predicted octanol–water partition coefficient (Wildman–Crippen LogP) is 7.42. The van der Waals surface area contributed by atoms with Gasteiger partial charge in [-0.05, 0) is 88.0 Å². The van der Waals surface area contributed by atoms with Crippen LogP contribution in [0.25, 0.3) is 11.4 Å². The van der Waals surface area contributed by atoms with E-state index in [1.165, 1.54) is 12.0 Å². The van der Waals surface area contributed by atoms with Crippen molar-refractivity contribution in [3.63, 3.8) is 0 Å². The normalized spacial score (nSPS) is 10.9. The Bertz CT molecular complexity index is 1260. The van der Waals surface area contributed by atoms with Crippen molar-refractivity contribution in [1.82, 2.24) is 14.9 Å². The number of carbonyl (C=O) groups is 1. The maximum atomic E-state index is 10.6. The maximum Gasteiger partial charge on any atom is 0.231 e. The molecule has 0 radical (unpaired) electrons. The molecule has 0 aliphatic heterocycles. The first-order valence-corrected chi connectivity index (χ1v) is 14.8. The third kappa shape index (κ3) is 10.6. The maximum absolute atomic E-state index is 10.6. The number of amides is 1. The highest BCUT2D eigenvalue weighted by Crippen LogP contribution is 2.32. The highest BCUT2D eigenvalue weighted by atomic mass is 35.5. The molecule has 1 aromatic heterocycles. The number of hydrogen-bond acceptors (Lipinski definition) is 6. The van der Waals surface area contributed by atoms with E-state index < -0.39 is 0 Å². The van der Waals surface area contributed by atoms with Gasteiger partial charge in [0, 0.05) is 22.0 Å². The number of aryl methyl sites for hydroxylation is 3. The molecule has 0 spiro atoms. The number of ether oxygens (including phenoxy) is 2. The number of carbonyl (C=O) groups excluding carboxylic acids is 1. The summed E-state index contributed by atoms with van der Waals surface area (Å²) in [5.41, 5.74) is 11.0. The van der Waals surface area contributed by atoms with Gasteiger partial charge in [0.25, 0.3) is 0 Å². The first-order valence-electron chi connectivity index (χ1n) is 14.4. The fourth-order valence-electron chi connectivity index (χ4n) is 4.39. The van der Waals surface area contributed by atoms with Crippen molar-refractivity contribution in [2.45, 2.75) is 80.3 Å².